The van der Waals surface area contributed by atoms with Gasteiger partial charge in [-0.05, 0) is 11.4 Å². The van der Waals surface area contributed by atoms with E-state index in [4.69, 9.17) is 0 Å². The van der Waals surface area contributed by atoms with Gasteiger partial charge in [0.2, 0.25) is 5.91 Å². The maximum Gasteiger partial charge on any atom is 0.254 e. The van der Waals surface area contributed by atoms with E-state index in [1.807, 2.05) is 26.6 Å². The van der Waals surface area contributed by atoms with Crippen molar-refractivity contribution < 1.29 is 9.59 Å². The normalized spacial score (nSPS) is 15.6. The van der Waals surface area contributed by atoms with Gasteiger partial charge in [0, 0.05) is 50.6 Å². The molecule has 1 saturated heterocycles. The Kier molecular flexibility index (Phi) is 5.76. The van der Waals surface area contributed by atoms with Crippen LogP contribution in [-0.4, -0.2) is 60.4 Å². The van der Waals surface area contributed by atoms with Crippen molar-refractivity contribution in [1.82, 2.24) is 15.1 Å². The van der Waals surface area contributed by atoms with E-state index in [9.17, 15) is 9.59 Å². The Labute approximate surface area is 129 Å². The van der Waals surface area contributed by atoms with Gasteiger partial charge in [0.15, 0.2) is 0 Å². The summed E-state index contributed by atoms with van der Waals surface area (Å²) in [5.41, 5.74) is 0.751. The molecule has 1 aromatic heterocycles. The summed E-state index contributed by atoms with van der Waals surface area (Å²) in [7, 11) is 0. The fourth-order valence-electron chi connectivity index (χ4n) is 2.35. The van der Waals surface area contributed by atoms with Crippen LogP contribution in [0.4, 0.5) is 0 Å². The first kappa shape index (κ1) is 16.0. The minimum Gasteiger partial charge on any atom is -0.339 e. The van der Waals surface area contributed by atoms with Crippen LogP contribution in [0.5, 0.6) is 0 Å². The molecule has 21 heavy (non-hydrogen) atoms. The second kappa shape index (κ2) is 7.56. The van der Waals surface area contributed by atoms with Crippen molar-refractivity contribution in [1.29, 1.82) is 0 Å². The Morgan fingerprint density at radius 3 is 2.48 bits per heavy atom. The Morgan fingerprint density at radius 2 is 1.90 bits per heavy atom. The summed E-state index contributed by atoms with van der Waals surface area (Å²) in [5, 5.41) is 7.03. The van der Waals surface area contributed by atoms with Crippen LogP contribution in [0.15, 0.2) is 16.8 Å². The number of nitrogens with one attached hydrogen (secondary N) is 1. The van der Waals surface area contributed by atoms with E-state index >= 15 is 0 Å². The molecule has 2 heterocycles. The standard InChI is InChI=1S/C15H23N3O2S/c1-12(2)16-5-3-14(19)17-6-8-18(9-7-17)15(20)13-4-10-21-11-13/h4,10-12,16H,3,5-9H2,1-2H3. The summed E-state index contributed by atoms with van der Waals surface area (Å²) in [6.07, 6.45) is 0.524. The third kappa shape index (κ3) is 4.54. The Balaban J connectivity index is 1.75. The molecule has 1 N–H and O–H groups in total. The quantitative estimate of drug-likeness (QED) is 0.895. The first-order chi connectivity index (χ1) is 10.1. The molecule has 2 rings (SSSR count). The van der Waals surface area contributed by atoms with Gasteiger partial charge >= 0.3 is 0 Å². The molecule has 0 unspecified atom stereocenters. The van der Waals surface area contributed by atoms with E-state index in [1.54, 1.807) is 0 Å². The van der Waals surface area contributed by atoms with Crippen molar-refractivity contribution in [2.45, 2.75) is 26.3 Å². The zero-order chi connectivity index (χ0) is 15.2. The number of hydrogen-bond donors (Lipinski definition) is 1. The molecule has 0 saturated carbocycles. The lowest BCUT2D eigenvalue weighted by Crippen LogP contribution is -2.51. The van der Waals surface area contributed by atoms with E-state index in [-0.39, 0.29) is 11.8 Å². The second-order valence-electron chi connectivity index (χ2n) is 5.54. The molecule has 0 atom stereocenters. The lowest BCUT2D eigenvalue weighted by Gasteiger charge is -2.34. The van der Waals surface area contributed by atoms with E-state index in [0.717, 1.165) is 5.56 Å². The van der Waals surface area contributed by atoms with Gasteiger partial charge in [-0.3, -0.25) is 9.59 Å². The maximum atomic E-state index is 12.2. The van der Waals surface area contributed by atoms with Gasteiger partial charge in [-0.15, -0.1) is 0 Å². The molecular weight excluding hydrogens is 286 g/mol. The van der Waals surface area contributed by atoms with Gasteiger partial charge in [-0.25, -0.2) is 0 Å². The molecule has 116 valence electrons. The third-order valence-corrected chi connectivity index (χ3v) is 4.26. The van der Waals surface area contributed by atoms with E-state index in [2.05, 4.69) is 19.2 Å². The molecule has 1 aliphatic rings. The molecule has 1 aliphatic heterocycles. The van der Waals surface area contributed by atoms with Crippen molar-refractivity contribution in [3.05, 3.63) is 22.4 Å². The Hall–Kier alpha value is -1.40. The average Bonchev–Trinajstić information content (AvgIpc) is 3.00. The highest BCUT2D eigenvalue weighted by Gasteiger charge is 2.24. The fourth-order valence-corrected chi connectivity index (χ4v) is 2.98. The van der Waals surface area contributed by atoms with Crippen LogP contribution in [0.3, 0.4) is 0 Å². The molecular formula is C15H23N3O2S. The molecule has 0 bridgehead atoms. The summed E-state index contributed by atoms with van der Waals surface area (Å²) in [6, 6.07) is 2.25. The maximum absolute atomic E-state index is 12.2. The molecule has 0 aliphatic carbocycles. The van der Waals surface area contributed by atoms with Crippen LogP contribution in [0.25, 0.3) is 0 Å². The molecule has 0 aromatic carbocycles. The number of carbonyl (C=O) groups excluding carboxylic acids is 2. The molecule has 1 fully saturated rings. The zero-order valence-corrected chi connectivity index (χ0v) is 13.5. The topological polar surface area (TPSA) is 52.7 Å². The van der Waals surface area contributed by atoms with Crippen molar-refractivity contribution >= 4 is 23.2 Å². The number of piperazine rings is 1. The highest BCUT2D eigenvalue weighted by Crippen LogP contribution is 2.12. The fraction of sp³-hybridized carbons (Fsp3) is 0.600. The average molecular weight is 309 g/mol. The second-order valence-corrected chi connectivity index (χ2v) is 6.32. The summed E-state index contributed by atoms with van der Waals surface area (Å²) in [5.74, 6) is 0.246. The molecule has 1 aromatic rings. The molecule has 0 spiro atoms. The van der Waals surface area contributed by atoms with Crippen molar-refractivity contribution in [2.24, 2.45) is 0 Å². The SMILES string of the molecule is CC(C)NCCC(=O)N1CCN(C(=O)c2ccsc2)CC1. The van der Waals surface area contributed by atoms with Crippen molar-refractivity contribution in [3.8, 4) is 0 Å². The monoisotopic (exact) mass is 309 g/mol. The van der Waals surface area contributed by atoms with Crippen LogP contribution in [0.1, 0.15) is 30.6 Å². The van der Waals surface area contributed by atoms with Crippen LogP contribution in [-0.2, 0) is 4.79 Å². The number of nitrogens with zero attached hydrogens (tertiary/aromatic N) is 2. The number of rotatable bonds is 5. The Morgan fingerprint density at radius 1 is 1.24 bits per heavy atom. The molecule has 2 amide bonds. The number of hydrogen-bond acceptors (Lipinski definition) is 4. The van der Waals surface area contributed by atoms with Gasteiger partial charge in [0.05, 0.1) is 5.56 Å². The number of amides is 2. The van der Waals surface area contributed by atoms with Crippen LogP contribution in [0.2, 0.25) is 0 Å². The molecule has 5 nitrogen and oxygen atoms in total. The van der Waals surface area contributed by atoms with Gasteiger partial charge in [-0.2, -0.15) is 11.3 Å². The van der Waals surface area contributed by atoms with Gasteiger partial charge in [0.1, 0.15) is 0 Å². The van der Waals surface area contributed by atoms with Gasteiger partial charge < -0.3 is 15.1 Å². The summed E-state index contributed by atoms with van der Waals surface area (Å²) >= 11 is 1.53. The summed E-state index contributed by atoms with van der Waals surface area (Å²) in [6.45, 7) is 7.37. The highest BCUT2D eigenvalue weighted by atomic mass is 32.1. The van der Waals surface area contributed by atoms with Crippen LogP contribution >= 0.6 is 11.3 Å². The predicted molar refractivity (Wildman–Crippen MR) is 84.6 cm³/mol. The molecule has 0 radical (unpaired) electrons. The third-order valence-electron chi connectivity index (χ3n) is 3.58. The number of thiophene rings is 1. The van der Waals surface area contributed by atoms with Gasteiger partial charge in [0.25, 0.3) is 5.91 Å². The van der Waals surface area contributed by atoms with Crippen molar-refractivity contribution in [2.75, 3.05) is 32.7 Å². The smallest absolute Gasteiger partial charge is 0.254 e. The number of carbonyl (C=O) groups is 2. The lowest BCUT2D eigenvalue weighted by atomic mass is 10.2. The predicted octanol–water partition coefficient (Wildman–Crippen LogP) is 1.42. The minimum atomic E-state index is 0.0739. The van der Waals surface area contributed by atoms with E-state index in [1.165, 1.54) is 11.3 Å². The van der Waals surface area contributed by atoms with Crippen LogP contribution < -0.4 is 5.32 Å². The summed E-state index contributed by atoms with van der Waals surface area (Å²) < 4.78 is 0. The van der Waals surface area contributed by atoms with Crippen LogP contribution in [0, 0.1) is 0 Å². The highest BCUT2D eigenvalue weighted by molar-refractivity contribution is 7.08. The lowest BCUT2D eigenvalue weighted by molar-refractivity contribution is -0.132. The largest absolute Gasteiger partial charge is 0.339 e. The molecule has 6 heteroatoms. The van der Waals surface area contributed by atoms with Gasteiger partial charge in [-0.1, -0.05) is 13.8 Å². The first-order valence-electron chi connectivity index (χ1n) is 7.40. The minimum absolute atomic E-state index is 0.0739. The zero-order valence-electron chi connectivity index (χ0n) is 12.7. The first-order valence-corrected chi connectivity index (χ1v) is 8.35. The Bertz CT molecular complexity index is 465. The van der Waals surface area contributed by atoms with E-state index in [0.29, 0.717) is 45.2 Å². The summed E-state index contributed by atoms with van der Waals surface area (Å²) in [4.78, 5) is 28.0. The van der Waals surface area contributed by atoms with E-state index < -0.39 is 0 Å². The van der Waals surface area contributed by atoms with Crippen molar-refractivity contribution in [3.63, 3.8) is 0 Å².